The van der Waals surface area contributed by atoms with Crippen LogP contribution in [-0.2, 0) is 6.18 Å². The summed E-state index contributed by atoms with van der Waals surface area (Å²) in [6.45, 7) is 6.01. The van der Waals surface area contributed by atoms with Gasteiger partial charge in [-0.05, 0) is 42.8 Å². The molecule has 0 spiro atoms. The van der Waals surface area contributed by atoms with Crippen LogP contribution < -0.4 is 4.74 Å². The quantitative estimate of drug-likeness (QED) is 0.239. The highest BCUT2D eigenvalue weighted by Crippen LogP contribution is 2.41. The van der Waals surface area contributed by atoms with Gasteiger partial charge in [-0.1, -0.05) is 48.9 Å². The zero-order chi connectivity index (χ0) is 24.6. The van der Waals surface area contributed by atoms with Crippen molar-refractivity contribution in [2.75, 3.05) is 7.11 Å². The van der Waals surface area contributed by atoms with Gasteiger partial charge in [-0.3, -0.25) is 0 Å². The van der Waals surface area contributed by atoms with Gasteiger partial charge in [0.25, 0.3) is 0 Å². The summed E-state index contributed by atoms with van der Waals surface area (Å²) < 4.78 is 47.0. The third-order valence-corrected chi connectivity index (χ3v) is 7.40. The maximum absolute atomic E-state index is 13.0. The van der Waals surface area contributed by atoms with E-state index in [2.05, 4.69) is 18.9 Å². The fraction of sp³-hybridized carbons (Fsp3) is 0.250. The van der Waals surface area contributed by atoms with E-state index < -0.39 is 11.7 Å². The molecular weight excluding hydrogens is 503 g/mol. The van der Waals surface area contributed by atoms with Crippen LogP contribution in [0.5, 0.6) is 5.75 Å². The fourth-order valence-corrected chi connectivity index (χ4v) is 6.04. The lowest BCUT2D eigenvalue weighted by Crippen LogP contribution is -2.04. The van der Waals surface area contributed by atoms with Gasteiger partial charge in [0.2, 0.25) is 5.13 Å². The predicted octanol–water partition coefficient (Wildman–Crippen LogP) is 8.15. The van der Waals surface area contributed by atoms with Crippen molar-refractivity contribution < 1.29 is 17.9 Å². The molecule has 0 saturated heterocycles. The number of halogens is 4. The second-order valence-corrected chi connectivity index (χ2v) is 11.1. The van der Waals surface area contributed by atoms with Crippen LogP contribution in [0, 0.1) is 6.92 Å². The zero-order valence-corrected chi connectivity index (χ0v) is 21.2. The van der Waals surface area contributed by atoms with E-state index in [1.165, 1.54) is 23.5 Å². The standard InChI is InChI=1S/C24H21ClF3N3OS2/c1-13(2)33-22-21(15-5-7-17(8-6-15)24(26,27)28)29-23(34-22)31-12-20(14(3)30-31)16-9-18(25)11-19(10-16)32-4/h5-13H,1-4H3. The zero-order valence-electron chi connectivity index (χ0n) is 18.8. The van der Waals surface area contributed by atoms with Crippen LogP contribution in [0.25, 0.3) is 27.5 Å². The Morgan fingerprint density at radius 1 is 1.09 bits per heavy atom. The van der Waals surface area contributed by atoms with Crippen molar-refractivity contribution in [1.29, 1.82) is 0 Å². The third-order valence-electron chi connectivity index (χ3n) is 4.93. The Labute approximate surface area is 208 Å². The topological polar surface area (TPSA) is 39.9 Å². The van der Waals surface area contributed by atoms with E-state index in [1.54, 1.807) is 29.6 Å². The molecule has 0 radical (unpaired) electrons. The van der Waals surface area contributed by atoms with Gasteiger partial charge in [0.15, 0.2) is 0 Å². The number of nitrogens with zero attached hydrogens (tertiary/aromatic N) is 3. The number of hydrogen-bond donors (Lipinski definition) is 0. The molecule has 0 aliphatic heterocycles. The van der Waals surface area contributed by atoms with Gasteiger partial charge in [-0.25, -0.2) is 9.67 Å². The van der Waals surface area contributed by atoms with Gasteiger partial charge >= 0.3 is 6.18 Å². The maximum atomic E-state index is 13.0. The van der Waals surface area contributed by atoms with Crippen molar-refractivity contribution in [3.8, 4) is 33.3 Å². The van der Waals surface area contributed by atoms with Crippen LogP contribution >= 0.6 is 34.7 Å². The summed E-state index contributed by atoms with van der Waals surface area (Å²) in [6.07, 6.45) is -2.51. The molecule has 2 aromatic carbocycles. The van der Waals surface area contributed by atoms with Gasteiger partial charge in [-0.2, -0.15) is 18.3 Å². The average Bonchev–Trinajstić information content (AvgIpc) is 3.36. The van der Waals surface area contributed by atoms with E-state index in [0.717, 1.165) is 33.2 Å². The van der Waals surface area contributed by atoms with Crippen molar-refractivity contribution in [3.05, 3.63) is 64.9 Å². The Bertz CT molecular complexity index is 1310. The first-order chi connectivity index (χ1) is 16.0. The van der Waals surface area contributed by atoms with Crippen molar-refractivity contribution in [1.82, 2.24) is 14.8 Å². The number of aromatic nitrogens is 3. The summed E-state index contributed by atoms with van der Waals surface area (Å²) >= 11 is 9.31. The van der Waals surface area contributed by atoms with Crippen LogP contribution in [-0.4, -0.2) is 27.1 Å². The molecule has 2 heterocycles. The number of ether oxygens (including phenoxy) is 1. The molecule has 0 aliphatic rings. The number of thiazole rings is 1. The summed E-state index contributed by atoms with van der Waals surface area (Å²) in [5.74, 6) is 0.643. The molecule has 0 bridgehead atoms. The van der Waals surface area contributed by atoms with Gasteiger partial charge in [0, 0.05) is 27.6 Å². The highest BCUT2D eigenvalue weighted by Gasteiger charge is 2.30. The van der Waals surface area contributed by atoms with Crippen molar-refractivity contribution in [2.45, 2.75) is 36.4 Å². The number of benzene rings is 2. The molecule has 0 aliphatic carbocycles. The molecule has 10 heteroatoms. The Hall–Kier alpha value is -2.49. The molecule has 0 unspecified atom stereocenters. The molecular formula is C24H21ClF3N3OS2. The number of thioether (sulfide) groups is 1. The van der Waals surface area contributed by atoms with Crippen molar-refractivity contribution in [2.24, 2.45) is 0 Å². The molecule has 0 N–H and O–H groups in total. The maximum Gasteiger partial charge on any atom is 0.416 e. The van der Waals surface area contributed by atoms with E-state index in [1.807, 2.05) is 25.3 Å². The van der Waals surface area contributed by atoms with Crippen LogP contribution in [0.2, 0.25) is 5.02 Å². The monoisotopic (exact) mass is 523 g/mol. The highest BCUT2D eigenvalue weighted by atomic mass is 35.5. The van der Waals surface area contributed by atoms with Gasteiger partial charge in [-0.15, -0.1) is 11.8 Å². The van der Waals surface area contributed by atoms with E-state index in [4.69, 9.17) is 21.3 Å². The number of hydrogen-bond acceptors (Lipinski definition) is 5. The molecule has 0 amide bonds. The smallest absolute Gasteiger partial charge is 0.416 e. The van der Waals surface area contributed by atoms with Crippen LogP contribution in [0.15, 0.2) is 52.9 Å². The minimum atomic E-state index is -4.38. The molecule has 34 heavy (non-hydrogen) atoms. The average molecular weight is 524 g/mol. The largest absolute Gasteiger partial charge is 0.497 e. The van der Waals surface area contributed by atoms with E-state index in [0.29, 0.717) is 27.2 Å². The number of aryl methyl sites for hydroxylation is 1. The lowest BCUT2D eigenvalue weighted by atomic mass is 10.1. The second kappa shape index (κ2) is 9.64. The lowest BCUT2D eigenvalue weighted by Gasteiger charge is -2.08. The number of alkyl halides is 3. The highest BCUT2D eigenvalue weighted by molar-refractivity contribution is 8.01. The Balaban J connectivity index is 1.76. The Morgan fingerprint density at radius 3 is 2.41 bits per heavy atom. The summed E-state index contributed by atoms with van der Waals surface area (Å²) in [6, 6.07) is 10.6. The van der Waals surface area contributed by atoms with Crippen LogP contribution in [0.4, 0.5) is 13.2 Å². The number of rotatable bonds is 6. The molecule has 178 valence electrons. The Morgan fingerprint density at radius 2 is 1.79 bits per heavy atom. The molecule has 2 aromatic heterocycles. The van der Waals surface area contributed by atoms with Crippen molar-refractivity contribution >= 4 is 34.7 Å². The molecule has 4 nitrogen and oxygen atoms in total. The van der Waals surface area contributed by atoms with E-state index in [9.17, 15) is 13.2 Å². The Kier molecular flexibility index (Phi) is 6.98. The summed E-state index contributed by atoms with van der Waals surface area (Å²) in [5, 5.41) is 6.09. The molecule has 0 fully saturated rings. The SMILES string of the molecule is COc1cc(Cl)cc(-c2cn(-c3nc(-c4ccc(C(F)(F)F)cc4)c(SC(C)C)s3)nc2C)c1. The van der Waals surface area contributed by atoms with Crippen LogP contribution in [0.1, 0.15) is 25.1 Å². The second-order valence-electron chi connectivity index (χ2n) is 7.83. The first-order valence-corrected chi connectivity index (χ1v) is 12.4. The lowest BCUT2D eigenvalue weighted by molar-refractivity contribution is -0.137. The van der Waals surface area contributed by atoms with Crippen LogP contribution in [0.3, 0.4) is 0 Å². The first kappa shape index (κ1) is 24.6. The van der Waals surface area contributed by atoms with Crippen molar-refractivity contribution in [3.63, 3.8) is 0 Å². The predicted molar refractivity (Wildman–Crippen MR) is 132 cm³/mol. The summed E-state index contributed by atoms with van der Waals surface area (Å²) in [4.78, 5) is 4.76. The molecule has 4 rings (SSSR count). The molecule has 4 aromatic rings. The van der Waals surface area contributed by atoms with Gasteiger partial charge < -0.3 is 4.74 Å². The number of methoxy groups -OCH3 is 1. The summed E-state index contributed by atoms with van der Waals surface area (Å²) in [7, 11) is 1.58. The summed E-state index contributed by atoms with van der Waals surface area (Å²) in [5.41, 5.74) is 3.12. The minimum Gasteiger partial charge on any atom is -0.497 e. The molecule has 0 saturated carbocycles. The molecule has 0 atom stereocenters. The third kappa shape index (κ3) is 5.26. The van der Waals surface area contributed by atoms with Gasteiger partial charge in [0.05, 0.1) is 28.3 Å². The van der Waals surface area contributed by atoms with Gasteiger partial charge in [0.1, 0.15) is 5.75 Å². The van der Waals surface area contributed by atoms with E-state index in [-0.39, 0.29) is 5.25 Å². The fourth-order valence-electron chi connectivity index (χ4n) is 3.36. The minimum absolute atomic E-state index is 0.273. The van der Waals surface area contributed by atoms with E-state index >= 15 is 0 Å². The first-order valence-electron chi connectivity index (χ1n) is 10.3. The normalized spacial score (nSPS) is 11.9.